The van der Waals surface area contributed by atoms with Crippen molar-refractivity contribution >= 4 is 29.4 Å². The molecule has 0 amide bonds. The summed E-state index contributed by atoms with van der Waals surface area (Å²) in [6, 6.07) is 4.11. The molecule has 2 rings (SSSR count). The standard InChI is InChI=1S/C11H14FN3S.ClH/c1-9-11(8-14-15(9)5-4-12)13-7-10-3-2-6-16-10;/h2-3,6,8,13H,4-5,7H2,1H3;1H. The number of aromatic nitrogens is 2. The van der Waals surface area contributed by atoms with E-state index in [0.29, 0.717) is 6.54 Å². The predicted octanol–water partition coefficient (Wildman–Crippen LogP) is 3.26. The summed E-state index contributed by atoms with van der Waals surface area (Å²) in [7, 11) is 0. The van der Waals surface area contributed by atoms with Crippen LogP contribution in [0.15, 0.2) is 23.7 Å². The van der Waals surface area contributed by atoms with E-state index in [4.69, 9.17) is 0 Å². The predicted molar refractivity (Wildman–Crippen MR) is 71.8 cm³/mol. The molecule has 0 atom stereocenters. The summed E-state index contributed by atoms with van der Waals surface area (Å²) in [5.74, 6) is 0. The van der Waals surface area contributed by atoms with E-state index < -0.39 is 0 Å². The molecule has 0 saturated carbocycles. The van der Waals surface area contributed by atoms with Gasteiger partial charge in [-0.3, -0.25) is 4.68 Å². The number of hydrogen-bond donors (Lipinski definition) is 1. The van der Waals surface area contributed by atoms with Crippen molar-refractivity contribution in [2.75, 3.05) is 12.0 Å². The number of thiophene rings is 1. The lowest BCUT2D eigenvalue weighted by Crippen LogP contribution is -2.05. The van der Waals surface area contributed by atoms with E-state index in [1.54, 1.807) is 22.2 Å². The Balaban J connectivity index is 0.00000144. The molecule has 0 unspecified atom stereocenters. The van der Waals surface area contributed by atoms with Crippen LogP contribution in [-0.2, 0) is 13.1 Å². The highest BCUT2D eigenvalue weighted by Crippen LogP contribution is 2.16. The summed E-state index contributed by atoms with van der Waals surface area (Å²) in [4.78, 5) is 1.28. The Morgan fingerprint density at radius 3 is 3.00 bits per heavy atom. The Morgan fingerprint density at radius 2 is 2.35 bits per heavy atom. The second kappa shape index (κ2) is 6.61. The van der Waals surface area contributed by atoms with Crippen LogP contribution < -0.4 is 5.32 Å². The average molecular weight is 276 g/mol. The second-order valence-corrected chi connectivity index (χ2v) is 4.52. The maximum Gasteiger partial charge on any atom is 0.109 e. The van der Waals surface area contributed by atoms with Crippen LogP contribution in [0.1, 0.15) is 10.6 Å². The van der Waals surface area contributed by atoms with E-state index in [1.165, 1.54) is 4.88 Å². The third-order valence-electron chi connectivity index (χ3n) is 2.43. The molecule has 0 aliphatic carbocycles. The summed E-state index contributed by atoms with van der Waals surface area (Å²) in [5.41, 5.74) is 1.95. The molecule has 1 N–H and O–H groups in total. The van der Waals surface area contributed by atoms with Crippen LogP contribution >= 0.6 is 23.7 Å². The Morgan fingerprint density at radius 1 is 1.53 bits per heavy atom. The number of aryl methyl sites for hydroxylation is 1. The summed E-state index contributed by atoms with van der Waals surface area (Å²) >= 11 is 1.72. The number of anilines is 1. The van der Waals surface area contributed by atoms with Crippen molar-refractivity contribution in [1.29, 1.82) is 0 Å². The molecule has 0 aromatic carbocycles. The molecule has 2 heterocycles. The van der Waals surface area contributed by atoms with Crippen LogP contribution in [0.25, 0.3) is 0 Å². The van der Waals surface area contributed by atoms with E-state index in [0.717, 1.165) is 17.9 Å². The van der Waals surface area contributed by atoms with E-state index in [1.807, 2.05) is 13.0 Å². The first kappa shape index (κ1) is 14.0. The van der Waals surface area contributed by atoms with Gasteiger partial charge in [-0.2, -0.15) is 5.10 Å². The third-order valence-corrected chi connectivity index (χ3v) is 3.31. The van der Waals surface area contributed by atoms with E-state index in [9.17, 15) is 4.39 Å². The van der Waals surface area contributed by atoms with Crippen LogP contribution in [-0.4, -0.2) is 16.5 Å². The molecule has 2 aromatic heterocycles. The molecule has 0 fully saturated rings. The quantitative estimate of drug-likeness (QED) is 0.908. The Labute approximate surface area is 110 Å². The minimum atomic E-state index is -0.382. The number of halogens is 2. The van der Waals surface area contributed by atoms with Gasteiger partial charge >= 0.3 is 0 Å². The summed E-state index contributed by atoms with van der Waals surface area (Å²) in [6.07, 6.45) is 1.75. The van der Waals surface area contributed by atoms with Crippen molar-refractivity contribution in [3.05, 3.63) is 34.3 Å². The topological polar surface area (TPSA) is 29.9 Å². The molecule has 17 heavy (non-hydrogen) atoms. The van der Waals surface area contributed by atoms with Crippen molar-refractivity contribution in [1.82, 2.24) is 9.78 Å². The van der Waals surface area contributed by atoms with Gasteiger partial charge in [0.1, 0.15) is 6.67 Å². The zero-order chi connectivity index (χ0) is 11.4. The Kier molecular flexibility index (Phi) is 5.44. The highest BCUT2D eigenvalue weighted by Gasteiger charge is 2.05. The highest BCUT2D eigenvalue weighted by molar-refractivity contribution is 7.09. The number of rotatable bonds is 5. The first-order valence-corrected chi connectivity index (χ1v) is 6.04. The highest BCUT2D eigenvalue weighted by atomic mass is 35.5. The largest absolute Gasteiger partial charge is 0.377 e. The zero-order valence-corrected chi connectivity index (χ0v) is 11.2. The number of alkyl halides is 1. The van der Waals surface area contributed by atoms with Crippen molar-refractivity contribution in [2.24, 2.45) is 0 Å². The van der Waals surface area contributed by atoms with Gasteiger partial charge in [-0.05, 0) is 18.4 Å². The molecular formula is C11H15ClFN3S. The molecule has 2 aromatic rings. The van der Waals surface area contributed by atoms with Crippen LogP contribution in [0, 0.1) is 6.92 Å². The first-order chi connectivity index (χ1) is 7.81. The second-order valence-electron chi connectivity index (χ2n) is 3.49. The van der Waals surface area contributed by atoms with Crippen LogP contribution in [0.4, 0.5) is 10.1 Å². The smallest absolute Gasteiger partial charge is 0.109 e. The molecule has 0 radical (unpaired) electrons. The molecule has 3 nitrogen and oxygen atoms in total. The van der Waals surface area contributed by atoms with Gasteiger partial charge in [-0.1, -0.05) is 6.07 Å². The number of nitrogens with zero attached hydrogens (tertiary/aromatic N) is 2. The molecule has 0 saturated heterocycles. The van der Waals surface area contributed by atoms with Crippen molar-refractivity contribution in [2.45, 2.75) is 20.0 Å². The number of hydrogen-bond acceptors (Lipinski definition) is 3. The Bertz CT molecular complexity index is 442. The fourth-order valence-electron chi connectivity index (χ4n) is 1.52. The van der Waals surface area contributed by atoms with Crippen molar-refractivity contribution in [3.8, 4) is 0 Å². The Hall–Kier alpha value is -1.07. The van der Waals surface area contributed by atoms with E-state index in [-0.39, 0.29) is 19.1 Å². The van der Waals surface area contributed by atoms with Crippen molar-refractivity contribution in [3.63, 3.8) is 0 Å². The van der Waals surface area contributed by atoms with Gasteiger partial charge < -0.3 is 5.32 Å². The molecular weight excluding hydrogens is 261 g/mol. The molecule has 0 aliphatic rings. The van der Waals surface area contributed by atoms with Gasteiger partial charge in [0.25, 0.3) is 0 Å². The molecule has 94 valence electrons. The lowest BCUT2D eigenvalue weighted by Gasteiger charge is -2.04. The van der Waals surface area contributed by atoms with Gasteiger partial charge in [0.2, 0.25) is 0 Å². The molecule has 0 bridgehead atoms. The molecule has 0 aliphatic heterocycles. The number of nitrogens with one attached hydrogen (secondary N) is 1. The van der Waals surface area contributed by atoms with Gasteiger partial charge in [0, 0.05) is 11.4 Å². The van der Waals surface area contributed by atoms with Gasteiger partial charge in [0.15, 0.2) is 0 Å². The third kappa shape index (κ3) is 3.44. The lowest BCUT2D eigenvalue weighted by molar-refractivity contribution is 0.423. The van der Waals surface area contributed by atoms with Gasteiger partial charge in [0.05, 0.1) is 24.1 Å². The van der Waals surface area contributed by atoms with E-state index in [2.05, 4.69) is 21.9 Å². The van der Waals surface area contributed by atoms with Gasteiger partial charge in [-0.25, -0.2) is 4.39 Å². The van der Waals surface area contributed by atoms with Crippen LogP contribution in [0.3, 0.4) is 0 Å². The fraction of sp³-hybridized carbons (Fsp3) is 0.364. The summed E-state index contributed by atoms with van der Waals surface area (Å²) in [6.45, 7) is 2.68. The summed E-state index contributed by atoms with van der Waals surface area (Å²) in [5, 5.41) is 9.47. The van der Waals surface area contributed by atoms with Gasteiger partial charge in [-0.15, -0.1) is 23.7 Å². The monoisotopic (exact) mass is 275 g/mol. The molecule has 6 heteroatoms. The average Bonchev–Trinajstić information content (AvgIpc) is 2.89. The minimum absolute atomic E-state index is 0. The normalized spacial score (nSPS) is 10.0. The maximum absolute atomic E-state index is 12.2. The summed E-state index contributed by atoms with van der Waals surface area (Å²) < 4.78 is 13.9. The minimum Gasteiger partial charge on any atom is -0.377 e. The van der Waals surface area contributed by atoms with Crippen molar-refractivity contribution < 1.29 is 4.39 Å². The first-order valence-electron chi connectivity index (χ1n) is 5.16. The lowest BCUT2D eigenvalue weighted by atomic mass is 10.3. The van der Waals surface area contributed by atoms with E-state index >= 15 is 0 Å². The fourth-order valence-corrected chi connectivity index (χ4v) is 2.17. The SMILES string of the molecule is Cc1c(NCc2cccs2)cnn1CCF.Cl. The maximum atomic E-state index is 12.2. The molecule has 0 spiro atoms. The van der Waals surface area contributed by atoms with Crippen LogP contribution in [0.2, 0.25) is 0 Å². The van der Waals surface area contributed by atoms with Crippen LogP contribution in [0.5, 0.6) is 0 Å². The zero-order valence-electron chi connectivity index (χ0n) is 9.52.